The van der Waals surface area contributed by atoms with Crippen LogP contribution >= 0.6 is 0 Å². The van der Waals surface area contributed by atoms with Gasteiger partial charge in [0.25, 0.3) is 0 Å². The molecule has 6 atom stereocenters. The molecule has 6 unspecified atom stereocenters. The van der Waals surface area contributed by atoms with Gasteiger partial charge in [0, 0.05) is 12.6 Å². The summed E-state index contributed by atoms with van der Waals surface area (Å²) < 4.78 is 5.56. The highest BCUT2D eigenvalue weighted by Crippen LogP contribution is 2.66. The molecular formula is C25H34N2O2. The molecule has 1 aliphatic heterocycles. The number of nitrogens with zero attached hydrogens (tertiary/aromatic N) is 2. The Morgan fingerprint density at radius 3 is 2.83 bits per heavy atom. The number of esters is 1. The standard InChI is InChI=1S/C25H34N2O2/c1-4-17-13-26-14-22(27-17)21-8-7-19-18-6-5-16-15-29-23(28)10-12-24(16,2)20(18)9-11-25(19,21)3/h8,13-14,16,18-20H,4-7,9-12,15H2,1-3H3. The molecule has 4 heteroatoms. The van der Waals surface area contributed by atoms with E-state index >= 15 is 0 Å². The van der Waals surface area contributed by atoms with Crippen LogP contribution in [0.15, 0.2) is 18.5 Å². The minimum atomic E-state index is 0.0111. The van der Waals surface area contributed by atoms with E-state index in [0.29, 0.717) is 24.9 Å². The number of fused-ring (bicyclic) bond motifs is 5. The van der Waals surface area contributed by atoms with Gasteiger partial charge in [-0.1, -0.05) is 26.8 Å². The molecule has 0 bridgehead atoms. The summed E-state index contributed by atoms with van der Waals surface area (Å²) in [5.74, 6) is 2.72. The van der Waals surface area contributed by atoms with E-state index in [1.54, 1.807) is 0 Å². The third kappa shape index (κ3) is 2.89. The fourth-order valence-electron chi connectivity index (χ4n) is 7.51. The lowest BCUT2D eigenvalue weighted by Gasteiger charge is -2.58. The van der Waals surface area contributed by atoms with Gasteiger partial charge in [-0.05, 0) is 85.0 Å². The molecule has 1 aromatic heterocycles. The minimum absolute atomic E-state index is 0.0111. The summed E-state index contributed by atoms with van der Waals surface area (Å²) in [6.45, 7) is 7.75. The molecule has 1 aromatic rings. The number of cyclic esters (lactones) is 1. The van der Waals surface area contributed by atoms with Crippen molar-refractivity contribution < 1.29 is 9.53 Å². The van der Waals surface area contributed by atoms with Crippen molar-refractivity contribution in [3.8, 4) is 0 Å². The Bertz CT molecular complexity index is 849. The first-order chi connectivity index (χ1) is 14.0. The van der Waals surface area contributed by atoms with Crippen molar-refractivity contribution in [1.82, 2.24) is 9.97 Å². The van der Waals surface area contributed by atoms with Crippen LogP contribution in [0.3, 0.4) is 0 Å². The summed E-state index contributed by atoms with van der Waals surface area (Å²) in [4.78, 5) is 21.4. The number of hydrogen-bond donors (Lipinski definition) is 0. The molecular weight excluding hydrogens is 360 g/mol. The molecule has 5 rings (SSSR count). The van der Waals surface area contributed by atoms with Gasteiger partial charge in [-0.25, -0.2) is 4.98 Å². The zero-order valence-electron chi connectivity index (χ0n) is 18.1. The Kier molecular flexibility index (Phi) is 4.60. The highest BCUT2D eigenvalue weighted by atomic mass is 16.5. The van der Waals surface area contributed by atoms with Crippen LogP contribution in [0.25, 0.3) is 5.57 Å². The molecule has 2 heterocycles. The van der Waals surface area contributed by atoms with Crippen molar-refractivity contribution in [2.24, 2.45) is 34.5 Å². The van der Waals surface area contributed by atoms with Crippen LogP contribution in [-0.2, 0) is 16.0 Å². The number of aromatic nitrogens is 2. The van der Waals surface area contributed by atoms with Crippen molar-refractivity contribution in [2.75, 3.05) is 6.61 Å². The molecule has 0 spiro atoms. The van der Waals surface area contributed by atoms with E-state index in [-0.39, 0.29) is 16.8 Å². The predicted octanol–water partition coefficient (Wildman–Crippen LogP) is 5.23. The molecule has 2 saturated carbocycles. The van der Waals surface area contributed by atoms with Gasteiger partial charge in [-0.2, -0.15) is 0 Å². The van der Waals surface area contributed by atoms with E-state index in [9.17, 15) is 4.79 Å². The van der Waals surface area contributed by atoms with Crippen molar-refractivity contribution in [2.45, 2.75) is 72.1 Å². The van der Waals surface area contributed by atoms with E-state index in [2.05, 4.69) is 31.8 Å². The van der Waals surface area contributed by atoms with Crippen LogP contribution in [0.1, 0.15) is 77.1 Å². The highest BCUT2D eigenvalue weighted by molar-refractivity contribution is 5.70. The highest BCUT2D eigenvalue weighted by Gasteiger charge is 2.58. The fourth-order valence-corrected chi connectivity index (χ4v) is 7.51. The number of carbonyl (C=O) groups excluding carboxylic acids is 1. The van der Waals surface area contributed by atoms with Crippen LogP contribution in [0, 0.1) is 34.5 Å². The topological polar surface area (TPSA) is 52.1 Å². The van der Waals surface area contributed by atoms with E-state index in [0.717, 1.165) is 36.1 Å². The number of aryl methyl sites for hydroxylation is 1. The quantitative estimate of drug-likeness (QED) is 0.645. The Labute approximate surface area is 174 Å². The Hall–Kier alpha value is -1.71. The third-order valence-electron chi connectivity index (χ3n) is 9.28. The summed E-state index contributed by atoms with van der Waals surface area (Å²) in [6, 6.07) is 0. The van der Waals surface area contributed by atoms with Crippen LogP contribution < -0.4 is 0 Å². The lowest BCUT2D eigenvalue weighted by atomic mass is 9.46. The molecule has 3 fully saturated rings. The van der Waals surface area contributed by atoms with E-state index in [1.807, 2.05) is 12.4 Å². The zero-order chi connectivity index (χ0) is 20.2. The first-order valence-corrected chi connectivity index (χ1v) is 11.6. The predicted molar refractivity (Wildman–Crippen MR) is 113 cm³/mol. The molecule has 3 aliphatic carbocycles. The number of carbonyl (C=O) groups is 1. The Morgan fingerprint density at radius 2 is 2.00 bits per heavy atom. The molecule has 1 saturated heterocycles. The molecule has 0 aromatic carbocycles. The maximum atomic E-state index is 12.0. The van der Waals surface area contributed by atoms with Gasteiger partial charge in [0.1, 0.15) is 0 Å². The van der Waals surface area contributed by atoms with E-state index in [1.165, 1.54) is 37.7 Å². The normalized spacial score (nSPS) is 41.5. The van der Waals surface area contributed by atoms with Gasteiger partial charge < -0.3 is 4.74 Å². The van der Waals surface area contributed by atoms with Gasteiger partial charge in [0.05, 0.1) is 24.2 Å². The largest absolute Gasteiger partial charge is 0.465 e. The minimum Gasteiger partial charge on any atom is -0.465 e. The van der Waals surface area contributed by atoms with Gasteiger partial charge in [-0.3, -0.25) is 9.78 Å². The third-order valence-corrected chi connectivity index (χ3v) is 9.28. The maximum absolute atomic E-state index is 12.0. The van der Waals surface area contributed by atoms with Crippen molar-refractivity contribution >= 4 is 11.5 Å². The molecule has 0 amide bonds. The summed E-state index contributed by atoms with van der Waals surface area (Å²) in [5, 5.41) is 0. The summed E-state index contributed by atoms with van der Waals surface area (Å²) in [5.41, 5.74) is 4.08. The van der Waals surface area contributed by atoms with Crippen molar-refractivity contribution in [3.05, 3.63) is 29.9 Å². The summed E-state index contributed by atoms with van der Waals surface area (Å²) >= 11 is 0. The van der Waals surface area contributed by atoms with Crippen LogP contribution in [0.4, 0.5) is 0 Å². The van der Waals surface area contributed by atoms with E-state index in [4.69, 9.17) is 9.72 Å². The molecule has 29 heavy (non-hydrogen) atoms. The molecule has 156 valence electrons. The monoisotopic (exact) mass is 394 g/mol. The maximum Gasteiger partial charge on any atom is 0.305 e. The van der Waals surface area contributed by atoms with Gasteiger partial charge in [0.2, 0.25) is 0 Å². The average Bonchev–Trinajstić information content (AvgIpc) is 3.01. The molecule has 0 radical (unpaired) electrons. The Morgan fingerprint density at radius 1 is 1.14 bits per heavy atom. The SMILES string of the molecule is CCc1cncc(C2=CCC3C4CCC5COC(=O)CCC5(C)C4CCC23C)n1. The fraction of sp³-hybridized carbons (Fsp3) is 0.720. The average molecular weight is 395 g/mol. The number of allylic oxidation sites excluding steroid dienone is 2. The first kappa shape index (κ1) is 19.3. The van der Waals surface area contributed by atoms with Crippen molar-refractivity contribution in [3.63, 3.8) is 0 Å². The molecule has 4 nitrogen and oxygen atoms in total. The molecule has 4 aliphatic rings. The van der Waals surface area contributed by atoms with Crippen LogP contribution in [0.2, 0.25) is 0 Å². The van der Waals surface area contributed by atoms with Gasteiger partial charge in [-0.15, -0.1) is 0 Å². The number of ether oxygens (including phenoxy) is 1. The lowest BCUT2D eigenvalue weighted by molar-refractivity contribution is -0.144. The van der Waals surface area contributed by atoms with Gasteiger partial charge in [0.15, 0.2) is 0 Å². The zero-order valence-corrected chi connectivity index (χ0v) is 18.1. The van der Waals surface area contributed by atoms with Crippen molar-refractivity contribution in [1.29, 1.82) is 0 Å². The van der Waals surface area contributed by atoms with E-state index < -0.39 is 0 Å². The second-order valence-electron chi connectivity index (χ2n) is 10.4. The number of hydrogen-bond acceptors (Lipinski definition) is 4. The second kappa shape index (κ2) is 6.92. The van der Waals surface area contributed by atoms with Crippen LogP contribution in [0.5, 0.6) is 0 Å². The molecule has 0 N–H and O–H groups in total. The smallest absolute Gasteiger partial charge is 0.305 e. The van der Waals surface area contributed by atoms with Gasteiger partial charge >= 0.3 is 5.97 Å². The first-order valence-electron chi connectivity index (χ1n) is 11.6. The second-order valence-corrected chi connectivity index (χ2v) is 10.4. The summed E-state index contributed by atoms with van der Waals surface area (Å²) in [6.07, 6.45) is 15.0. The summed E-state index contributed by atoms with van der Waals surface area (Å²) in [7, 11) is 0. The number of rotatable bonds is 2. The van der Waals surface area contributed by atoms with Crippen LogP contribution in [-0.4, -0.2) is 22.5 Å². The lowest BCUT2D eigenvalue weighted by Crippen LogP contribution is -2.51. The Balaban J connectivity index is 1.44.